The first-order valence-electron chi connectivity index (χ1n) is 6.45. The summed E-state index contributed by atoms with van der Waals surface area (Å²) < 4.78 is 6.48. The molecule has 1 unspecified atom stereocenters. The topological polar surface area (TPSA) is 75.8 Å². The number of hydrogen-bond donors (Lipinski definition) is 2. The molecule has 0 spiro atoms. The number of anilines is 1. The number of morpholine rings is 1. The molecule has 1 aliphatic heterocycles. The van der Waals surface area contributed by atoms with Gasteiger partial charge in [0.2, 0.25) is 0 Å². The predicted molar refractivity (Wildman–Crippen MR) is 80.5 cm³/mol. The van der Waals surface area contributed by atoms with Crippen LogP contribution in [-0.2, 0) is 4.74 Å². The molecule has 1 heterocycles. The number of nitrogens with zero attached hydrogens (tertiary/aromatic N) is 1. The molecule has 6 heteroatoms. The van der Waals surface area contributed by atoms with Crippen LogP contribution in [0.4, 0.5) is 5.69 Å². The van der Waals surface area contributed by atoms with Crippen LogP contribution < -0.4 is 5.73 Å². The minimum Gasteiger partial charge on any atom is -0.399 e. The summed E-state index contributed by atoms with van der Waals surface area (Å²) in [5.41, 5.74) is 6.36. The van der Waals surface area contributed by atoms with Crippen LogP contribution in [0.5, 0.6) is 0 Å². The lowest BCUT2D eigenvalue weighted by molar-refractivity contribution is -0.139. The van der Waals surface area contributed by atoms with Crippen LogP contribution in [0.3, 0.4) is 0 Å². The van der Waals surface area contributed by atoms with Crippen molar-refractivity contribution in [2.75, 3.05) is 25.4 Å². The lowest BCUT2D eigenvalue weighted by Gasteiger charge is -2.42. The molecule has 0 bridgehead atoms. The van der Waals surface area contributed by atoms with Gasteiger partial charge in [0, 0.05) is 28.8 Å². The van der Waals surface area contributed by atoms with Gasteiger partial charge in [0.05, 0.1) is 18.3 Å². The predicted octanol–water partition coefficient (Wildman–Crippen LogP) is 1.64. The zero-order chi connectivity index (χ0) is 14.9. The minimum absolute atomic E-state index is 0.103. The second-order valence-electron chi connectivity index (χ2n) is 5.64. The maximum atomic E-state index is 12.6. The first-order chi connectivity index (χ1) is 9.30. The molecule has 0 aliphatic carbocycles. The summed E-state index contributed by atoms with van der Waals surface area (Å²) >= 11 is 3.34. The number of rotatable bonds is 2. The molecule has 1 aromatic rings. The molecule has 5 nitrogen and oxygen atoms in total. The average molecular weight is 343 g/mol. The maximum absolute atomic E-state index is 12.6. The molecule has 1 aliphatic rings. The monoisotopic (exact) mass is 342 g/mol. The number of halogens is 1. The van der Waals surface area contributed by atoms with Gasteiger partial charge in [-0.25, -0.2) is 0 Å². The number of nitrogens with two attached hydrogens (primary N) is 1. The fourth-order valence-corrected chi connectivity index (χ4v) is 2.97. The lowest BCUT2D eigenvalue weighted by atomic mass is 10.0. The van der Waals surface area contributed by atoms with Crippen molar-refractivity contribution in [3.8, 4) is 0 Å². The van der Waals surface area contributed by atoms with Gasteiger partial charge < -0.3 is 20.5 Å². The summed E-state index contributed by atoms with van der Waals surface area (Å²) in [6.07, 6.45) is -0.354. The smallest absolute Gasteiger partial charge is 0.254 e. The highest BCUT2D eigenvalue weighted by molar-refractivity contribution is 9.10. The number of aliphatic hydroxyl groups excluding tert-OH is 1. The molecule has 0 aromatic heterocycles. The number of nitrogen functional groups attached to an aromatic ring is 1. The van der Waals surface area contributed by atoms with Crippen LogP contribution in [0.2, 0.25) is 0 Å². The highest BCUT2D eigenvalue weighted by atomic mass is 79.9. The van der Waals surface area contributed by atoms with Gasteiger partial charge in [-0.2, -0.15) is 0 Å². The van der Waals surface area contributed by atoms with Gasteiger partial charge in [-0.15, -0.1) is 0 Å². The Labute approximate surface area is 126 Å². The summed E-state index contributed by atoms with van der Waals surface area (Å²) in [5, 5.41) is 9.29. The number of benzene rings is 1. The summed E-state index contributed by atoms with van der Waals surface area (Å²) in [5.74, 6) is -0.104. The van der Waals surface area contributed by atoms with Gasteiger partial charge in [0.1, 0.15) is 0 Å². The second-order valence-corrected chi connectivity index (χ2v) is 6.56. The van der Waals surface area contributed by atoms with Crippen molar-refractivity contribution in [2.24, 2.45) is 0 Å². The number of carbonyl (C=O) groups excluding carboxylic acids is 1. The van der Waals surface area contributed by atoms with Crippen molar-refractivity contribution in [3.63, 3.8) is 0 Å². The Kier molecular flexibility index (Phi) is 4.36. The number of amides is 1. The van der Waals surface area contributed by atoms with E-state index in [1.54, 1.807) is 23.1 Å². The van der Waals surface area contributed by atoms with E-state index in [-0.39, 0.29) is 18.6 Å². The molecule has 1 aromatic carbocycles. The molecule has 1 saturated heterocycles. The van der Waals surface area contributed by atoms with Gasteiger partial charge in [-0.05, 0) is 32.0 Å². The Morgan fingerprint density at radius 1 is 1.55 bits per heavy atom. The SMILES string of the molecule is CC1(C)CN(C(=O)c2cc(N)cc(Br)c2)CC(CO)O1. The van der Waals surface area contributed by atoms with E-state index in [0.717, 1.165) is 4.47 Å². The van der Waals surface area contributed by atoms with Gasteiger partial charge in [-0.1, -0.05) is 15.9 Å². The van der Waals surface area contributed by atoms with Crippen molar-refractivity contribution in [2.45, 2.75) is 25.6 Å². The van der Waals surface area contributed by atoms with Crippen LogP contribution in [0, 0.1) is 0 Å². The highest BCUT2D eigenvalue weighted by Gasteiger charge is 2.35. The van der Waals surface area contributed by atoms with E-state index in [2.05, 4.69) is 15.9 Å². The molecule has 1 fully saturated rings. The van der Waals surface area contributed by atoms with E-state index in [1.165, 1.54) is 0 Å². The first kappa shape index (κ1) is 15.3. The third kappa shape index (κ3) is 3.50. The third-order valence-corrected chi connectivity index (χ3v) is 3.60. The van der Waals surface area contributed by atoms with Crippen molar-refractivity contribution in [1.82, 2.24) is 4.90 Å². The Hall–Kier alpha value is -1.11. The zero-order valence-corrected chi connectivity index (χ0v) is 13.2. The fraction of sp³-hybridized carbons (Fsp3) is 0.500. The third-order valence-electron chi connectivity index (χ3n) is 3.14. The van der Waals surface area contributed by atoms with E-state index >= 15 is 0 Å². The van der Waals surface area contributed by atoms with E-state index < -0.39 is 5.60 Å². The Balaban J connectivity index is 2.23. The number of ether oxygens (including phenoxy) is 1. The summed E-state index contributed by atoms with van der Waals surface area (Å²) in [7, 11) is 0. The molecule has 0 saturated carbocycles. The van der Waals surface area contributed by atoms with Crippen LogP contribution in [0.1, 0.15) is 24.2 Å². The van der Waals surface area contributed by atoms with E-state index in [4.69, 9.17) is 10.5 Å². The van der Waals surface area contributed by atoms with Gasteiger partial charge in [-0.3, -0.25) is 4.79 Å². The number of hydrogen-bond acceptors (Lipinski definition) is 4. The Bertz CT molecular complexity index is 499. The van der Waals surface area contributed by atoms with E-state index in [1.807, 2.05) is 13.8 Å². The normalized spacial score (nSPS) is 21.8. The summed E-state index contributed by atoms with van der Waals surface area (Å²) in [6, 6.07) is 5.15. The van der Waals surface area contributed by atoms with Gasteiger partial charge in [0.25, 0.3) is 5.91 Å². The first-order valence-corrected chi connectivity index (χ1v) is 7.24. The average Bonchev–Trinajstić information content (AvgIpc) is 2.34. The minimum atomic E-state index is -0.473. The molecule has 0 radical (unpaired) electrons. The van der Waals surface area contributed by atoms with E-state index in [9.17, 15) is 9.90 Å². The molecular weight excluding hydrogens is 324 g/mol. The molecule has 110 valence electrons. The maximum Gasteiger partial charge on any atom is 0.254 e. The Morgan fingerprint density at radius 3 is 2.85 bits per heavy atom. The van der Waals surface area contributed by atoms with E-state index in [0.29, 0.717) is 24.3 Å². The molecule has 1 atom stereocenters. The van der Waals surface area contributed by atoms with Crippen molar-refractivity contribution in [3.05, 3.63) is 28.2 Å². The van der Waals surface area contributed by atoms with Gasteiger partial charge in [0.15, 0.2) is 0 Å². The molecule has 1 amide bonds. The number of aliphatic hydroxyl groups is 1. The van der Waals surface area contributed by atoms with Crippen LogP contribution >= 0.6 is 15.9 Å². The number of carbonyl (C=O) groups is 1. The van der Waals surface area contributed by atoms with Gasteiger partial charge >= 0.3 is 0 Å². The fourth-order valence-electron chi connectivity index (χ4n) is 2.46. The second kappa shape index (κ2) is 5.71. The lowest BCUT2D eigenvalue weighted by Crippen LogP contribution is -2.55. The van der Waals surface area contributed by atoms with Crippen LogP contribution in [0.25, 0.3) is 0 Å². The molecular formula is C14H19BrN2O3. The quantitative estimate of drug-likeness (QED) is 0.801. The molecule has 20 heavy (non-hydrogen) atoms. The Morgan fingerprint density at radius 2 is 2.25 bits per heavy atom. The van der Waals surface area contributed by atoms with Crippen molar-refractivity contribution < 1.29 is 14.6 Å². The van der Waals surface area contributed by atoms with Crippen molar-refractivity contribution >= 4 is 27.5 Å². The summed E-state index contributed by atoms with van der Waals surface area (Å²) in [4.78, 5) is 14.3. The van der Waals surface area contributed by atoms with Crippen LogP contribution in [0.15, 0.2) is 22.7 Å². The molecule has 2 rings (SSSR count). The molecule has 3 N–H and O–H groups in total. The van der Waals surface area contributed by atoms with Crippen LogP contribution in [-0.4, -0.2) is 47.3 Å². The highest BCUT2D eigenvalue weighted by Crippen LogP contribution is 2.24. The van der Waals surface area contributed by atoms with Crippen molar-refractivity contribution in [1.29, 1.82) is 0 Å². The standard InChI is InChI=1S/C14H19BrN2O3/c1-14(2)8-17(6-12(7-18)20-14)13(19)9-3-10(15)5-11(16)4-9/h3-5,12,18H,6-8,16H2,1-2H3. The largest absolute Gasteiger partial charge is 0.399 e. The zero-order valence-electron chi connectivity index (χ0n) is 11.6. The summed E-state index contributed by atoms with van der Waals surface area (Å²) in [6.45, 7) is 4.57.